The number of nitrogens with one attached hydrogen (secondary N) is 1. The van der Waals surface area contributed by atoms with Gasteiger partial charge in [0.1, 0.15) is 11.5 Å². The first-order chi connectivity index (χ1) is 8.97. The van der Waals surface area contributed by atoms with Gasteiger partial charge in [-0.2, -0.15) is 0 Å². The molecule has 1 aromatic carbocycles. The van der Waals surface area contributed by atoms with E-state index >= 15 is 0 Å². The highest BCUT2D eigenvalue weighted by molar-refractivity contribution is 6.31. The summed E-state index contributed by atoms with van der Waals surface area (Å²) in [6, 6.07) is 2.36. The normalized spacial score (nSPS) is 23.1. The van der Waals surface area contributed by atoms with Crippen molar-refractivity contribution in [2.24, 2.45) is 5.92 Å². The van der Waals surface area contributed by atoms with Gasteiger partial charge >= 0.3 is 0 Å². The van der Waals surface area contributed by atoms with Gasteiger partial charge in [0.15, 0.2) is 0 Å². The molecule has 0 unspecified atom stereocenters. The third-order valence-electron chi connectivity index (χ3n) is 3.61. The zero-order valence-electron chi connectivity index (χ0n) is 10.7. The number of hydrogen-bond donors (Lipinski definition) is 1. The summed E-state index contributed by atoms with van der Waals surface area (Å²) in [6.07, 6.45) is 4.13. The number of nitro benzene ring substituents is 1. The summed E-state index contributed by atoms with van der Waals surface area (Å²) >= 11 is 5.69. The highest BCUT2D eigenvalue weighted by Crippen LogP contribution is 2.33. The Kier molecular flexibility index (Phi) is 4.24. The van der Waals surface area contributed by atoms with E-state index in [2.05, 4.69) is 12.2 Å². The molecule has 1 saturated carbocycles. The Hall–Kier alpha value is -1.36. The molecule has 0 saturated heterocycles. The minimum atomic E-state index is -0.767. The fraction of sp³-hybridized carbons (Fsp3) is 0.538. The van der Waals surface area contributed by atoms with Gasteiger partial charge in [0.05, 0.1) is 16.0 Å². The molecule has 6 heteroatoms. The van der Waals surface area contributed by atoms with Crippen LogP contribution in [0.1, 0.15) is 32.6 Å². The number of nitro groups is 1. The van der Waals surface area contributed by atoms with Crippen molar-refractivity contribution in [3.8, 4) is 0 Å². The average molecular weight is 287 g/mol. The van der Waals surface area contributed by atoms with Crippen LogP contribution in [-0.4, -0.2) is 11.0 Å². The number of rotatable bonds is 3. The lowest BCUT2D eigenvalue weighted by Crippen LogP contribution is -2.25. The number of anilines is 1. The zero-order chi connectivity index (χ0) is 14.0. The fourth-order valence-electron chi connectivity index (χ4n) is 2.43. The van der Waals surface area contributed by atoms with E-state index in [0.717, 1.165) is 31.7 Å². The predicted molar refractivity (Wildman–Crippen MR) is 73.1 cm³/mol. The fourth-order valence-corrected chi connectivity index (χ4v) is 2.59. The SMILES string of the molecule is CC1CCC(Nc2cc(Cl)c(F)cc2[N+](=O)[O-])CC1. The van der Waals surface area contributed by atoms with Crippen LogP contribution in [0.4, 0.5) is 15.8 Å². The molecule has 19 heavy (non-hydrogen) atoms. The first-order valence-electron chi connectivity index (χ1n) is 6.37. The Bertz CT molecular complexity index is 488. The molecule has 1 aliphatic rings. The average Bonchev–Trinajstić information content (AvgIpc) is 2.36. The number of benzene rings is 1. The van der Waals surface area contributed by atoms with Crippen molar-refractivity contribution in [2.75, 3.05) is 5.32 Å². The lowest BCUT2D eigenvalue weighted by molar-refractivity contribution is -0.384. The Labute approximate surface area is 116 Å². The molecule has 1 fully saturated rings. The molecule has 1 N–H and O–H groups in total. The Morgan fingerprint density at radius 1 is 1.37 bits per heavy atom. The Morgan fingerprint density at radius 3 is 2.58 bits per heavy atom. The van der Waals surface area contributed by atoms with E-state index in [9.17, 15) is 14.5 Å². The van der Waals surface area contributed by atoms with Crippen LogP contribution in [0.3, 0.4) is 0 Å². The molecule has 0 atom stereocenters. The molecule has 0 bridgehead atoms. The van der Waals surface area contributed by atoms with Crippen LogP contribution in [-0.2, 0) is 0 Å². The second-order valence-corrected chi connectivity index (χ2v) is 5.55. The molecule has 1 aliphatic carbocycles. The summed E-state index contributed by atoms with van der Waals surface area (Å²) in [5.74, 6) is -0.0685. The first kappa shape index (κ1) is 14.1. The van der Waals surface area contributed by atoms with Crippen molar-refractivity contribution in [2.45, 2.75) is 38.6 Å². The molecule has 0 aromatic heterocycles. The summed E-state index contributed by atoms with van der Waals surface area (Å²) in [5, 5.41) is 14.0. The van der Waals surface area contributed by atoms with Gasteiger partial charge < -0.3 is 5.32 Å². The third-order valence-corrected chi connectivity index (χ3v) is 3.90. The van der Waals surface area contributed by atoms with E-state index in [0.29, 0.717) is 11.6 Å². The van der Waals surface area contributed by atoms with Crippen molar-refractivity contribution in [3.63, 3.8) is 0 Å². The summed E-state index contributed by atoms with van der Waals surface area (Å²) in [5.41, 5.74) is 0.0384. The smallest absolute Gasteiger partial charge is 0.295 e. The van der Waals surface area contributed by atoms with E-state index in [-0.39, 0.29) is 16.8 Å². The van der Waals surface area contributed by atoms with Crippen LogP contribution in [0.2, 0.25) is 5.02 Å². The first-order valence-corrected chi connectivity index (χ1v) is 6.75. The Balaban J connectivity index is 2.19. The second kappa shape index (κ2) is 5.74. The number of hydrogen-bond acceptors (Lipinski definition) is 3. The van der Waals surface area contributed by atoms with Gasteiger partial charge in [-0.25, -0.2) is 4.39 Å². The second-order valence-electron chi connectivity index (χ2n) is 5.14. The van der Waals surface area contributed by atoms with Crippen LogP contribution in [0.15, 0.2) is 12.1 Å². The number of halogens is 2. The summed E-state index contributed by atoms with van der Waals surface area (Å²) in [4.78, 5) is 10.3. The minimum absolute atomic E-state index is 0.0997. The van der Waals surface area contributed by atoms with Gasteiger partial charge in [0.25, 0.3) is 5.69 Å². The monoisotopic (exact) mass is 286 g/mol. The lowest BCUT2D eigenvalue weighted by Gasteiger charge is -2.27. The molecular formula is C13H16ClFN2O2. The van der Waals surface area contributed by atoms with Crippen molar-refractivity contribution < 1.29 is 9.31 Å². The Morgan fingerprint density at radius 2 is 2.00 bits per heavy atom. The highest BCUT2D eigenvalue weighted by Gasteiger charge is 2.23. The summed E-state index contributed by atoms with van der Waals surface area (Å²) in [7, 11) is 0. The molecule has 0 spiro atoms. The predicted octanol–water partition coefficient (Wildman–Crippen LogP) is 4.38. The molecule has 1 aromatic rings. The quantitative estimate of drug-likeness (QED) is 0.663. The summed E-state index contributed by atoms with van der Waals surface area (Å²) in [6.45, 7) is 2.20. The van der Waals surface area contributed by atoms with Gasteiger partial charge in [0.2, 0.25) is 0 Å². The van der Waals surface area contributed by atoms with E-state index in [1.165, 1.54) is 6.07 Å². The number of nitrogens with zero attached hydrogens (tertiary/aromatic N) is 1. The van der Waals surface area contributed by atoms with Crippen molar-refractivity contribution in [1.82, 2.24) is 0 Å². The van der Waals surface area contributed by atoms with E-state index < -0.39 is 10.7 Å². The van der Waals surface area contributed by atoms with Gasteiger partial charge in [-0.15, -0.1) is 0 Å². The van der Waals surface area contributed by atoms with E-state index in [1.54, 1.807) is 0 Å². The van der Waals surface area contributed by atoms with Crippen LogP contribution >= 0.6 is 11.6 Å². The molecule has 0 radical (unpaired) electrons. The topological polar surface area (TPSA) is 55.2 Å². The highest BCUT2D eigenvalue weighted by atomic mass is 35.5. The maximum absolute atomic E-state index is 13.3. The van der Waals surface area contributed by atoms with Crippen molar-refractivity contribution in [3.05, 3.63) is 33.1 Å². The maximum atomic E-state index is 13.3. The van der Waals surface area contributed by atoms with Gasteiger partial charge in [0, 0.05) is 6.04 Å². The van der Waals surface area contributed by atoms with Crippen LogP contribution in [0.25, 0.3) is 0 Å². The van der Waals surface area contributed by atoms with Crippen molar-refractivity contribution in [1.29, 1.82) is 0 Å². The van der Waals surface area contributed by atoms with Gasteiger partial charge in [-0.1, -0.05) is 18.5 Å². The molecule has 104 valence electrons. The zero-order valence-corrected chi connectivity index (χ0v) is 11.4. The molecule has 0 heterocycles. The van der Waals surface area contributed by atoms with Crippen LogP contribution in [0, 0.1) is 21.8 Å². The van der Waals surface area contributed by atoms with Crippen molar-refractivity contribution >= 4 is 23.0 Å². The van der Waals surface area contributed by atoms with Gasteiger partial charge in [-0.05, 0) is 37.7 Å². The molecule has 2 rings (SSSR count). The largest absolute Gasteiger partial charge is 0.377 e. The molecule has 0 aliphatic heterocycles. The maximum Gasteiger partial charge on any atom is 0.295 e. The molecule has 0 amide bonds. The van der Waals surface area contributed by atoms with Gasteiger partial charge in [-0.3, -0.25) is 10.1 Å². The third kappa shape index (κ3) is 3.35. The molecular weight excluding hydrogens is 271 g/mol. The van der Waals surface area contributed by atoms with E-state index in [4.69, 9.17) is 11.6 Å². The minimum Gasteiger partial charge on any atom is -0.377 e. The summed E-state index contributed by atoms with van der Waals surface area (Å²) < 4.78 is 13.3. The van der Waals surface area contributed by atoms with Crippen LogP contribution < -0.4 is 5.32 Å². The van der Waals surface area contributed by atoms with E-state index in [1.807, 2.05) is 0 Å². The van der Waals surface area contributed by atoms with Crippen LogP contribution in [0.5, 0.6) is 0 Å². The lowest BCUT2D eigenvalue weighted by atomic mass is 9.87. The molecule has 4 nitrogen and oxygen atoms in total. The standard InChI is InChI=1S/C13H16ClFN2O2/c1-8-2-4-9(5-3-8)16-12-6-10(14)11(15)7-13(12)17(18)19/h6-9,16H,2-5H2,1H3.